The summed E-state index contributed by atoms with van der Waals surface area (Å²) in [6, 6.07) is 3.78. The monoisotopic (exact) mass is 742 g/mol. The van der Waals surface area contributed by atoms with Gasteiger partial charge in [-0.25, -0.2) is 19.1 Å². The van der Waals surface area contributed by atoms with Gasteiger partial charge in [0.2, 0.25) is 5.60 Å². The van der Waals surface area contributed by atoms with E-state index in [2.05, 4.69) is 20.7 Å². The molecule has 292 valence electrons. The van der Waals surface area contributed by atoms with E-state index in [0.717, 1.165) is 44.9 Å². The third-order valence-electron chi connectivity index (χ3n) is 9.57. The van der Waals surface area contributed by atoms with E-state index >= 15 is 0 Å². The first-order chi connectivity index (χ1) is 24.7. The molecule has 53 heavy (non-hydrogen) atoms. The molecule has 0 aromatic carbocycles. The van der Waals surface area contributed by atoms with Gasteiger partial charge in [0, 0.05) is 13.5 Å². The van der Waals surface area contributed by atoms with E-state index < -0.39 is 77.1 Å². The maximum atomic E-state index is 13.9. The standard InChI is InChI=1S/C37H54N6O10/c1-34(2,3)28(41-33(48)53-35(4,5)6)31(46)51-27-24(19-50-26(44)18-22-14-12-10-11-13-15-22)52-37(20-38,29(27)45)25-17-16-23-30(39-21-40-43(23)25)42-32(47)36(7,8)49-9/h16-17,21-22,24,27-29,45H,10-15,18-19H2,1-9H3,(H,41,48)(H,39,40,42,47)/t24-,27-,28+,29-,37+/m1/s1. The number of nitrogens with zero attached hydrogens (tertiary/aromatic N) is 4. The van der Waals surface area contributed by atoms with Crippen molar-refractivity contribution in [1.29, 1.82) is 5.26 Å². The van der Waals surface area contributed by atoms with E-state index in [1.807, 2.05) is 6.07 Å². The predicted molar refractivity (Wildman–Crippen MR) is 190 cm³/mol. The van der Waals surface area contributed by atoms with Crippen molar-refractivity contribution >= 4 is 35.3 Å². The maximum Gasteiger partial charge on any atom is 0.408 e. The number of anilines is 1. The fourth-order valence-electron chi connectivity index (χ4n) is 6.40. The van der Waals surface area contributed by atoms with Crippen LogP contribution in [0.3, 0.4) is 0 Å². The highest BCUT2D eigenvalue weighted by Gasteiger charge is 2.60. The predicted octanol–water partition coefficient (Wildman–Crippen LogP) is 4.33. The lowest BCUT2D eigenvalue weighted by molar-refractivity contribution is -0.164. The van der Waals surface area contributed by atoms with Crippen LogP contribution in [0.15, 0.2) is 18.5 Å². The van der Waals surface area contributed by atoms with Gasteiger partial charge in [-0.2, -0.15) is 10.4 Å². The summed E-state index contributed by atoms with van der Waals surface area (Å²) in [7, 11) is 1.39. The summed E-state index contributed by atoms with van der Waals surface area (Å²) in [5, 5.41) is 32.2. The molecule has 2 aromatic heterocycles. The maximum absolute atomic E-state index is 13.9. The zero-order valence-corrected chi connectivity index (χ0v) is 32.2. The van der Waals surface area contributed by atoms with Gasteiger partial charge in [0.15, 0.2) is 11.9 Å². The number of alkyl carbamates (subject to hydrolysis) is 1. The van der Waals surface area contributed by atoms with Crippen LogP contribution in [0.5, 0.6) is 0 Å². The van der Waals surface area contributed by atoms with Crippen LogP contribution in [0.2, 0.25) is 0 Å². The van der Waals surface area contributed by atoms with Crippen molar-refractivity contribution in [2.75, 3.05) is 19.0 Å². The van der Waals surface area contributed by atoms with E-state index in [9.17, 15) is 29.5 Å². The van der Waals surface area contributed by atoms with E-state index in [0.29, 0.717) is 0 Å². The number of nitrogens with one attached hydrogen (secondary N) is 2. The molecule has 1 aliphatic carbocycles. The topological polar surface area (TPSA) is 213 Å². The Balaban J connectivity index is 1.68. The van der Waals surface area contributed by atoms with E-state index in [-0.39, 0.29) is 29.4 Å². The second-order valence-electron chi connectivity index (χ2n) is 16.3. The quantitative estimate of drug-likeness (QED) is 0.166. The van der Waals surface area contributed by atoms with Gasteiger partial charge in [-0.1, -0.05) is 46.5 Å². The Kier molecular flexibility index (Phi) is 12.8. The molecular weight excluding hydrogens is 688 g/mol. The van der Waals surface area contributed by atoms with Crippen molar-refractivity contribution in [1.82, 2.24) is 19.9 Å². The number of hydrogen-bond donors (Lipinski definition) is 3. The Bertz CT molecular complexity index is 1680. The normalized spacial score (nSPS) is 23.4. The number of rotatable bonds is 11. The lowest BCUT2D eigenvalue weighted by atomic mass is 9.86. The molecule has 0 radical (unpaired) electrons. The molecule has 0 spiro atoms. The van der Waals surface area contributed by atoms with Crippen LogP contribution >= 0.6 is 0 Å². The number of aliphatic hydroxyl groups excluding tert-OH is 1. The molecule has 1 saturated heterocycles. The third kappa shape index (κ3) is 9.81. The zero-order chi connectivity index (χ0) is 39.4. The summed E-state index contributed by atoms with van der Waals surface area (Å²) in [6.45, 7) is 12.9. The lowest BCUT2D eigenvalue weighted by Gasteiger charge is -2.32. The second-order valence-corrected chi connectivity index (χ2v) is 16.3. The second kappa shape index (κ2) is 16.4. The van der Waals surface area contributed by atoms with E-state index in [4.69, 9.17) is 23.7 Å². The van der Waals surface area contributed by atoms with Crippen molar-refractivity contribution in [3.8, 4) is 6.07 Å². The molecule has 0 bridgehead atoms. The average molecular weight is 743 g/mol. The van der Waals surface area contributed by atoms with E-state index in [1.54, 1.807) is 55.4 Å². The average Bonchev–Trinajstić information content (AvgIpc) is 3.50. The van der Waals surface area contributed by atoms with Crippen molar-refractivity contribution in [2.24, 2.45) is 11.3 Å². The van der Waals surface area contributed by atoms with Crippen LogP contribution in [-0.4, -0.2) is 92.9 Å². The van der Waals surface area contributed by atoms with Crippen molar-refractivity contribution < 1.29 is 48.0 Å². The van der Waals surface area contributed by atoms with Crippen molar-refractivity contribution in [3.05, 3.63) is 24.2 Å². The number of fused-ring (bicyclic) bond motifs is 1. The molecule has 4 rings (SSSR count). The summed E-state index contributed by atoms with van der Waals surface area (Å²) < 4.78 is 29.8. The molecule has 1 saturated carbocycles. The Morgan fingerprint density at radius 3 is 2.32 bits per heavy atom. The summed E-state index contributed by atoms with van der Waals surface area (Å²) in [6.07, 6.45) is 1.94. The molecule has 1 aliphatic heterocycles. The van der Waals surface area contributed by atoms with Gasteiger partial charge >= 0.3 is 18.0 Å². The van der Waals surface area contributed by atoms with Crippen molar-refractivity contribution in [3.63, 3.8) is 0 Å². The number of esters is 2. The highest BCUT2D eigenvalue weighted by Crippen LogP contribution is 2.42. The van der Waals surface area contributed by atoms with Gasteiger partial charge in [-0.05, 0) is 70.9 Å². The third-order valence-corrected chi connectivity index (χ3v) is 9.57. The highest BCUT2D eigenvalue weighted by atomic mass is 16.6. The summed E-state index contributed by atoms with van der Waals surface area (Å²) in [5.74, 6) is -1.65. The SMILES string of the molecule is COC(C)(C)C(=O)Nc1ncnn2c([C@]3(C#N)O[C@H](COC(=O)CC4CCCCCC4)[C@@H](OC(=O)[C@H](NC(=O)OC(C)(C)C)C(C)(C)C)[C@H]3O)ccc12. The first kappa shape index (κ1) is 41.4. The molecule has 5 atom stereocenters. The molecule has 2 aliphatic rings. The number of ether oxygens (including phenoxy) is 5. The number of aromatic nitrogens is 3. The minimum atomic E-state index is -2.22. The summed E-state index contributed by atoms with van der Waals surface area (Å²) in [5.41, 5.74) is -4.87. The van der Waals surface area contributed by atoms with Crippen LogP contribution < -0.4 is 10.6 Å². The van der Waals surface area contributed by atoms with Gasteiger partial charge in [0.1, 0.15) is 54.0 Å². The Hall–Kier alpha value is -4.33. The van der Waals surface area contributed by atoms with Crippen LogP contribution in [0.1, 0.15) is 106 Å². The smallest absolute Gasteiger partial charge is 0.408 e. The summed E-state index contributed by atoms with van der Waals surface area (Å²) >= 11 is 0. The molecule has 0 unspecified atom stereocenters. The molecule has 2 fully saturated rings. The lowest BCUT2D eigenvalue weighted by Crippen LogP contribution is -2.53. The van der Waals surface area contributed by atoms with Crippen molar-refractivity contribution in [2.45, 2.75) is 141 Å². The molecule has 16 nitrogen and oxygen atoms in total. The fraction of sp³-hybridized carbons (Fsp3) is 0.703. The van der Waals surface area contributed by atoms with Crippen LogP contribution in [0, 0.1) is 22.7 Å². The van der Waals surface area contributed by atoms with E-state index in [1.165, 1.54) is 23.8 Å². The minimum Gasteiger partial charge on any atom is -0.463 e. The molecule has 2 aromatic rings. The number of carbonyl (C=O) groups excluding carboxylic acids is 4. The number of carbonyl (C=O) groups is 4. The minimum absolute atomic E-state index is 0.0268. The Morgan fingerprint density at radius 1 is 1.08 bits per heavy atom. The first-order valence-corrected chi connectivity index (χ1v) is 18.0. The first-order valence-electron chi connectivity index (χ1n) is 18.0. The number of nitriles is 1. The van der Waals surface area contributed by atoms with Gasteiger partial charge in [0.05, 0.1) is 5.69 Å². The van der Waals surface area contributed by atoms with Crippen LogP contribution in [0.4, 0.5) is 10.6 Å². The number of amides is 2. The molecular formula is C37H54N6O10. The highest BCUT2D eigenvalue weighted by molar-refractivity contribution is 5.98. The molecule has 3 heterocycles. The number of hydrogen-bond acceptors (Lipinski definition) is 13. The van der Waals surface area contributed by atoms with Gasteiger partial charge in [-0.3, -0.25) is 9.59 Å². The van der Waals surface area contributed by atoms with Gasteiger partial charge in [-0.15, -0.1) is 0 Å². The van der Waals surface area contributed by atoms with Crippen LogP contribution in [-0.2, 0) is 43.7 Å². The Labute approximate surface area is 310 Å². The zero-order valence-electron chi connectivity index (χ0n) is 32.2. The van der Waals surface area contributed by atoms with Crippen LogP contribution in [0.25, 0.3) is 5.52 Å². The molecule has 16 heteroatoms. The number of aliphatic hydroxyl groups is 1. The van der Waals surface area contributed by atoms with Gasteiger partial charge < -0.3 is 39.4 Å². The molecule has 3 N–H and O–H groups in total. The summed E-state index contributed by atoms with van der Waals surface area (Å²) in [4.78, 5) is 56.9. The molecule has 2 amide bonds. The number of methoxy groups -OCH3 is 1. The largest absolute Gasteiger partial charge is 0.463 e. The van der Waals surface area contributed by atoms with Gasteiger partial charge in [0.25, 0.3) is 5.91 Å². The fourth-order valence-corrected chi connectivity index (χ4v) is 6.40. The Morgan fingerprint density at radius 2 is 1.74 bits per heavy atom.